The molecule has 0 aliphatic heterocycles. The fraction of sp³-hybridized carbons (Fsp3) is 0.0189. The first-order valence-electron chi connectivity index (χ1n) is 39.0. The van der Waals surface area contributed by atoms with Gasteiger partial charge in [0.05, 0.1) is 148 Å². The van der Waals surface area contributed by atoms with Crippen molar-refractivity contribution in [3.63, 3.8) is 0 Å². The Kier molecular flexibility index (Phi) is 17.6. The Bertz CT molecular complexity index is 8480. The molecule has 20 aromatic rings. The monoisotopic (exact) mass is 1610 g/mol. The third-order valence-electron chi connectivity index (χ3n) is 23.3. The largest absolute Gasteiger partial charge is 0.416 e. The van der Waals surface area contributed by atoms with Crippen molar-refractivity contribution in [2.45, 2.75) is 12.4 Å². The van der Waals surface area contributed by atoms with Crippen molar-refractivity contribution in [2.75, 3.05) is 0 Å². The van der Waals surface area contributed by atoms with E-state index in [1.807, 2.05) is 218 Å². The van der Waals surface area contributed by atoms with E-state index < -0.39 is 23.5 Å². The molecule has 0 aliphatic rings. The van der Waals surface area contributed by atoms with Crippen LogP contribution in [0.25, 0.3) is 188 Å². The van der Waals surface area contributed by atoms with Gasteiger partial charge in [0, 0.05) is 43.1 Å². The molecule has 4 heterocycles. The van der Waals surface area contributed by atoms with Crippen LogP contribution in [0.1, 0.15) is 55.6 Å². The number of hydrogen-bond donors (Lipinski definition) is 0. The third-order valence-corrected chi connectivity index (χ3v) is 23.3. The zero-order chi connectivity index (χ0) is 85.1. The molecule has 0 aliphatic carbocycles. The molecule has 0 saturated carbocycles. The van der Waals surface area contributed by atoms with Gasteiger partial charge in [-0.1, -0.05) is 133 Å². The highest BCUT2D eigenvalue weighted by Gasteiger charge is 2.35. The molecular weight excluding hydrogens is 1560 g/mol. The molecular formula is C106H52F6N12. The van der Waals surface area contributed by atoms with Gasteiger partial charge in [-0.05, 0) is 260 Å². The molecule has 0 saturated heterocycles. The Hall–Kier alpha value is -17.8. The highest BCUT2D eigenvalue weighted by molar-refractivity contribution is 6.16. The predicted octanol–water partition coefficient (Wildman–Crippen LogP) is 26.8. The summed E-state index contributed by atoms with van der Waals surface area (Å²) in [5.74, 6) is 0. The van der Waals surface area contributed by atoms with Crippen molar-refractivity contribution in [3.05, 3.63) is 371 Å². The number of fused-ring (bicyclic) bond motifs is 12. The maximum absolute atomic E-state index is 15.1. The van der Waals surface area contributed by atoms with Crippen LogP contribution in [-0.2, 0) is 12.4 Å². The van der Waals surface area contributed by atoms with Gasteiger partial charge >= 0.3 is 12.4 Å². The Morgan fingerprint density at radius 2 is 0.427 bits per heavy atom. The highest BCUT2D eigenvalue weighted by Crippen LogP contribution is 2.48. The van der Waals surface area contributed by atoms with E-state index in [2.05, 4.69) is 36.4 Å². The van der Waals surface area contributed by atoms with Crippen molar-refractivity contribution in [3.8, 4) is 149 Å². The standard InChI is InChI=1S/C106H52F6N12/c107-105(108,109)81-39-65(57-117)37-77(42-81)79-49-101(121-95-21-6-3-18-85(95)88-44-70(24-29-96(88)121)67-13-7-10-61(32-67)53-113)91(59-119)102(50-79)122-97-30-25-71(68-14-8-11-62(33-68)54-114)45-89(97)90-46-72(26-31-98(90)122)75-35-64(56-116)36-76(41-75)74-23-28-87-84-17-2-5-20-94(84)124(100(87)48-74)104-52-80(78-38-66(58-118)40-82(43-78)106(110,111)112)51-103(92(104)60-120)123-93-19-4-1-16-83(93)86-27-22-73(47-99(86)123)69-15-9-12-63(34-69)55-115/h1-52H. The normalized spacial score (nSPS) is 11.6. The number of para-hydroxylation sites is 3. The summed E-state index contributed by atoms with van der Waals surface area (Å²) in [5, 5.41) is 92.1. The topological polar surface area (TPSA) is 210 Å². The molecule has 0 atom stereocenters. The van der Waals surface area contributed by atoms with E-state index in [1.54, 1.807) is 91.0 Å². The van der Waals surface area contributed by atoms with E-state index in [0.717, 1.165) is 84.4 Å². The van der Waals surface area contributed by atoms with Gasteiger partial charge in [0.1, 0.15) is 23.3 Å². The van der Waals surface area contributed by atoms with Gasteiger partial charge in [-0.25, -0.2) is 0 Å². The molecule has 18 heteroatoms. The number of benzene rings is 16. The van der Waals surface area contributed by atoms with E-state index in [0.29, 0.717) is 111 Å². The molecule has 20 rings (SSSR count). The van der Waals surface area contributed by atoms with E-state index >= 15 is 26.3 Å². The first-order valence-corrected chi connectivity index (χ1v) is 39.0. The van der Waals surface area contributed by atoms with E-state index in [-0.39, 0.29) is 61.4 Å². The summed E-state index contributed by atoms with van der Waals surface area (Å²) in [4.78, 5) is 0. The summed E-state index contributed by atoms with van der Waals surface area (Å²) in [6.45, 7) is 0. The minimum Gasteiger partial charge on any atom is -0.308 e. The molecule has 16 aromatic carbocycles. The molecule has 0 bridgehead atoms. The molecule has 4 aromatic heterocycles. The van der Waals surface area contributed by atoms with E-state index in [4.69, 9.17) is 0 Å². The van der Waals surface area contributed by atoms with Crippen LogP contribution in [0.2, 0.25) is 0 Å². The first-order chi connectivity index (χ1) is 60.3. The second-order valence-electron chi connectivity index (χ2n) is 30.4. The fourth-order valence-corrected chi connectivity index (χ4v) is 17.7. The molecule has 0 spiro atoms. The van der Waals surface area contributed by atoms with Gasteiger partial charge < -0.3 is 18.3 Å². The summed E-state index contributed by atoms with van der Waals surface area (Å²) in [7, 11) is 0. The molecule has 0 N–H and O–H groups in total. The summed E-state index contributed by atoms with van der Waals surface area (Å²) in [6.07, 6.45) is -9.73. The maximum atomic E-state index is 15.1. The van der Waals surface area contributed by atoms with Crippen LogP contribution < -0.4 is 0 Å². The summed E-state index contributed by atoms with van der Waals surface area (Å²) in [5.41, 5.74) is 12.9. The molecule has 0 amide bonds. The van der Waals surface area contributed by atoms with Crippen LogP contribution in [0.5, 0.6) is 0 Å². The lowest BCUT2D eigenvalue weighted by atomic mass is 9.94. The van der Waals surface area contributed by atoms with Crippen LogP contribution in [-0.4, -0.2) is 18.3 Å². The van der Waals surface area contributed by atoms with Crippen LogP contribution in [0.3, 0.4) is 0 Å². The van der Waals surface area contributed by atoms with Crippen molar-refractivity contribution in [2.24, 2.45) is 0 Å². The molecule has 0 unspecified atom stereocenters. The van der Waals surface area contributed by atoms with Crippen molar-refractivity contribution >= 4 is 87.2 Å². The lowest BCUT2D eigenvalue weighted by molar-refractivity contribution is -0.138. The maximum Gasteiger partial charge on any atom is 0.416 e. The van der Waals surface area contributed by atoms with Gasteiger partial charge in [0.2, 0.25) is 0 Å². The van der Waals surface area contributed by atoms with Gasteiger partial charge in [0.25, 0.3) is 0 Å². The van der Waals surface area contributed by atoms with Gasteiger partial charge in [0.15, 0.2) is 0 Å². The Morgan fingerprint density at radius 3 is 0.774 bits per heavy atom. The summed E-state index contributed by atoms with van der Waals surface area (Å²) < 4.78 is 98.4. The van der Waals surface area contributed by atoms with Crippen molar-refractivity contribution in [1.29, 1.82) is 42.1 Å². The number of rotatable bonds is 11. The Labute approximate surface area is 702 Å². The van der Waals surface area contributed by atoms with Gasteiger partial charge in [-0.2, -0.15) is 68.4 Å². The number of alkyl halides is 6. The third kappa shape index (κ3) is 12.5. The number of nitrogens with zero attached hydrogens (tertiary/aromatic N) is 12. The Balaban J connectivity index is 0.804. The lowest BCUT2D eigenvalue weighted by Crippen LogP contribution is -2.07. The van der Waals surface area contributed by atoms with E-state index in [9.17, 15) is 42.1 Å². The average molecular weight is 1610 g/mol. The molecule has 0 radical (unpaired) electrons. The predicted molar refractivity (Wildman–Crippen MR) is 470 cm³/mol. The van der Waals surface area contributed by atoms with Crippen LogP contribution in [0.4, 0.5) is 26.3 Å². The zero-order valence-corrected chi connectivity index (χ0v) is 64.7. The smallest absolute Gasteiger partial charge is 0.308 e. The summed E-state index contributed by atoms with van der Waals surface area (Å²) in [6, 6.07) is 110. The number of hydrogen-bond acceptors (Lipinski definition) is 8. The van der Waals surface area contributed by atoms with Crippen molar-refractivity contribution in [1.82, 2.24) is 18.3 Å². The highest BCUT2D eigenvalue weighted by atomic mass is 19.4. The molecule has 0 fully saturated rings. The quantitative estimate of drug-likeness (QED) is 0.113. The minimum atomic E-state index is -4.87. The first kappa shape index (κ1) is 75.0. The SMILES string of the molecule is N#Cc1cccc(-c2ccc3c(c2)c2ccccc2n3-c2cc(-c3cc(C#N)cc(C(F)(F)F)c3)cc(-n3c4ccc(-c5cccc(C#N)c5)cc4c4cc(-c5cc(C#N)cc(-c6ccc7c8ccccc8n(-c8cc(-c9cc(C#N)cc(C(F)(F)F)c9)cc(-n9c%10ccccc%10c%10ccc(-c%11cccc(C#N)c%11)cc%109)c8C#N)c7c6)c5)ccc43)c2C#N)c1. The number of aromatic nitrogens is 4. The number of nitriles is 8. The second-order valence-corrected chi connectivity index (χ2v) is 30.4. The minimum absolute atomic E-state index is 0.0438. The molecule has 578 valence electrons. The van der Waals surface area contributed by atoms with Crippen LogP contribution in [0, 0.1) is 90.6 Å². The molecule has 124 heavy (non-hydrogen) atoms. The lowest BCUT2D eigenvalue weighted by Gasteiger charge is -2.19. The van der Waals surface area contributed by atoms with Gasteiger partial charge in [-0.3, -0.25) is 0 Å². The van der Waals surface area contributed by atoms with E-state index in [1.165, 1.54) is 12.1 Å². The van der Waals surface area contributed by atoms with Crippen molar-refractivity contribution < 1.29 is 26.3 Å². The van der Waals surface area contributed by atoms with Crippen LogP contribution in [0.15, 0.2) is 315 Å². The molecule has 12 nitrogen and oxygen atoms in total. The number of halogens is 6. The Morgan fingerprint density at radius 1 is 0.177 bits per heavy atom. The average Bonchev–Trinajstić information content (AvgIpc) is 1.56. The second kappa shape index (κ2) is 29.1. The van der Waals surface area contributed by atoms with Crippen LogP contribution >= 0.6 is 0 Å². The fourth-order valence-electron chi connectivity index (χ4n) is 17.7. The van der Waals surface area contributed by atoms with Gasteiger partial charge in [-0.15, -0.1) is 0 Å². The summed E-state index contributed by atoms with van der Waals surface area (Å²) >= 11 is 0. The zero-order valence-electron chi connectivity index (χ0n) is 64.7.